The van der Waals surface area contributed by atoms with Crippen molar-refractivity contribution in [1.29, 1.82) is 0 Å². The van der Waals surface area contributed by atoms with E-state index in [2.05, 4.69) is 16.9 Å². The van der Waals surface area contributed by atoms with Crippen LogP contribution in [0.25, 0.3) is 11.2 Å². The molecule has 1 saturated carbocycles. The molecule has 0 saturated heterocycles. The van der Waals surface area contributed by atoms with Gasteiger partial charge in [0.25, 0.3) is 0 Å². The number of nitrogens with two attached hydrogens (primary N) is 1. The quantitative estimate of drug-likeness (QED) is 0.882. The van der Waals surface area contributed by atoms with Gasteiger partial charge in [-0.1, -0.05) is 19.3 Å². The molecule has 18 heavy (non-hydrogen) atoms. The van der Waals surface area contributed by atoms with E-state index >= 15 is 0 Å². The van der Waals surface area contributed by atoms with E-state index in [4.69, 9.17) is 10.7 Å². The number of hydrogen-bond acceptors (Lipinski definition) is 4. The number of nitrogens with zero attached hydrogens (tertiary/aromatic N) is 4. The minimum atomic E-state index is 0.477. The predicted octanol–water partition coefficient (Wildman–Crippen LogP) is 2.48. The molecule has 1 aliphatic carbocycles. The highest BCUT2D eigenvalue weighted by atomic mass is 15.1. The lowest BCUT2D eigenvalue weighted by molar-refractivity contribution is 0.429. The van der Waals surface area contributed by atoms with Gasteiger partial charge in [0.05, 0.1) is 6.33 Å². The van der Waals surface area contributed by atoms with Gasteiger partial charge in [0.1, 0.15) is 11.3 Å². The highest BCUT2D eigenvalue weighted by molar-refractivity contribution is 5.81. The second-order valence-corrected chi connectivity index (χ2v) is 5.00. The summed E-state index contributed by atoms with van der Waals surface area (Å²) >= 11 is 0. The molecule has 1 fully saturated rings. The third-order valence-corrected chi connectivity index (χ3v) is 3.82. The molecule has 2 N–H and O–H groups in total. The summed E-state index contributed by atoms with van der Waals surface area (Å²) in [5.74, 6) is 1.91. The van der Waals surface area contributed by atoms with Crippen LogP contribution in [0.2, 0.25) is 0 Å². The summed E-state index contributed by atoms with van der Waals surface area (Å²) in [6.45, 7) is 2.94. The number of imidazole rings is 1. The van der Waals surface area contributed by atoms with Gasteiger partial charge in [-0.15, -0.1) is 0 Å². The molecule has 3 rings (SSSR count). The number of rotatable bonds is 2. The first-order valence-electron chi connectivity index (χ1n) is 6.78. The van der Waals surface area contributed by atoms with E-state index in [-0.39, 0.29) is 0 Å². The Morgan fingerprint density at radius 2 is 2.06 bits per heavy atom. The lowest BCUT2D eigenvalue weighted by atomic mass is 9.89. The van der Waals surface area contributed by atoms with E-state index in [9.17, 15) is 0 Å². The van der Waals surface area contributed by atoms with Crippen LogP contribution in [0.4, 0.5) is 5.82 Å². The largest absolute Gasteiger partial charge is 0.382 e. The third kappa shape index (κ3) is 1.83. The normalized spacial score (nSPS) is 17.4. The Bertz CT molecular complexity index is 554. The second kappa shape index (κ2) is 4.55. The van der Waals surface area contributed by atoms with Crippen LogP contribution in [0.3, 0.4) is 0 Å². The summed E-state index contributed by atoms with van der Waals surface area (Å²) in [5.41, 5.74) is 7.62. The molecule has 2 aromatic heterocycles. The van der Waals surface area contributed by atoms with Crippen LogP contribution < -0.4 is 5.73 Å². The number of aryl methyl sites for hydroxylation is 1. The third-order valence-electron chi connectivity index (χ3n) is 3.82. The SMILES string of the molecule is CCn1cnc2c(N)nc(C3CCCCC3)nc21. The fraction of sp³-hybridized carbons (Fsp3) is 0.615. The molecule has 1 aliphatic rings. The van der Waals surface area contributed by atoms with E-state index in [1.54, 1.807) is 6.33 Å². The smallest absolute Gasteiger partial charge is 0.165 e. The summed E-state index contributed by atoms with van der Waals surface area (Å²) < 4.78 is 2.03. The average Bonchev–Trinajstić information content (AvgIpc) is 2.83. The van der Waals surface area contributed by atoms with Crippen molar-refractivity contribution >= 4 is 17.0 Å². The highest BCUT2D eigenvalue weighted by Gasteiger charge is 2.20. The van der Waals surface area contributed by atoms with Gasteiger partial charge in [0.2, 0.25) is 0 Å². The van der Waals surface area contributed by atoms with Gasteiger partial charge < -0.3 is 10.3 Å². The number of aromatic nitrogens is 4. The lowest BCUT2D eigenvalue weighted by Gasteiger charge is -2.20. The predicted molar refractivity (Wildman–Crippen MR) is 71.2 cm³/mol. The average molecular weight is 245 g/mol. The molecule has 0 bridgehead atoms. The van der Waals surface area contributed by atoms with Crippen molar-refractivity contribution in [1.82, 2.24) is 19.5 Å². The first-order valence-corrected chi connectivity index (χ1v) is 6.78. The van der Waals surface area contributed by atoms with Crippen molar-refractivity contribution in [3.05, 3.63) is 12.2 Å². The van der Waals surface area contributed by atoms with Crippen molar-refractivity contribution in [2.75, 3.05) is 5.73 Å². The molecule has 5 heteroatoms. The minimum absolute atomic E-state index is 0.477. The minimum Gasteiger partial charge on any atom is -0.382 e. The number of hydrogen-bond donors (Lipinski definition) is 1. The first-order chi connectivity index (χ1) is 8.79. The van der Waals surface area contributed by atoms with Crippen LogP contribution in [0.5, 0.6) is 0 Å². The molecule has 0 unspecified atom stereocenters. The van der Waals surface area contributed by atoms with Gasteiger partial charge in [-0.25, -0.2) is 15.0 Å². The maximum atomic E-state index is 6.00. The van der Waals surface area contributed by atoms with Crippen LogP contribution in [0.15, 0.2) is 6.33 Å². The summed E-state index contributed by atoms with van der Waals surface area (Å²) in [6.07, 6.45) is 8.05. The van der Waals surface area contributed by atoms with Gasteiger partial charge in [-0.05, 0) is 19.8 Å². The van der Waals surface area contributed by atoms with Crippen LogP contribution >= 0.6 is 0 Å². The fourth-order valence-electron chi connectivity index (χ4n) is 2.76. The van der Waals surface area contributed by atoms with Crippen LogP contribution in [0.1, 0.15) is 50.8 Å². The lowest BCUT2D eigenvalue weighted by Crippen LogP contribution is -2.11. The zero-order valence-corrected chi connectivity index (χ0v) is 10.8. The molecule has 96 valence electrons. The molecule has 2 heterocycles. The Kier molecular flexibility index (Phi) is 2.89. The zero-order chi connectivity index (χ0) is 12.5. The van der Waals surface area contributed by atoms with Crippen LogP contribution in [-0.4, -0.2) is 19.5 Å². The Labute approximate surface area is 106 Å². The van der Waals surface area contributed by atoms with Gasteiger partial charge in [0.15, 0.2) is 11.5 Å². The van der Waals surface area contributed by atoms with Crippen molar-refractivity contribution in [3.8, 4) is 0 Å². The van der Waals surface area contributed by atoms with Gasteiger partial charge in [-0.3, -0.25) is 0 Å². The molecule has 0 atom stereocenters. The monoisotopic (exact) mass is 245 g/mol. The van der Waals surface area contributed by atoms with Crippen molar-refractivity contribution in [2.24, 2.45) is 0 Å². The number of anilines is 1. The Morgan fingerprint density at radius 3 is 2.78 bits per heavy atom. The van der Waals surface area contributed by atoms with E-state index in [0.29, 0.717) is 11.7 Å². The van der Waals surface area contributed by atoms with Crippen LogP contribution in [0, 0.1) is 0 Å². The molecule has 0 aromatic carbocycles. The molecule has 0 amide bonds. The summed E-state index contributed by atoms with van der Waals surface area (Å²) in [7, 11) is 0. The Hall–Kier alpha value is -1.65. The van der Waals surface area contributed by atoms with Gasteiger partial charge in [-0.2, -0.15) is 0 Å². The van der Waals surface area contributed by atoms with Crippen molar-refractivity contribution in [3.63, 3.8) is 0 Å². The molecular formula is C13H19N5. The zero-order valence-electron chi connectivity index (χ0n) is 10.8. The topological polar surface area (TPSA) is 69.6 Å². The van der Waals surface area contributed by atoms with E-state index in [1.165, 1.54) is 32.1 Å². The van der Waals surface area contributed by atoms with E-state index < -0.39 is 0 Å². The van der Waals surface area contributed by atoms with E-state index in [1.807, 2.05) is 4.57 Å². The molecule has 0 aliphatic heterocycles. The molecule has 5 nitrogen and oxygen atoms in total. The summed E-state index contributed by atoms with van der Waals surface area (Å²) in [4.78, 5) is 13.5. The molecule has 0 radical (unpaired) electrons. The maximum absolute atomic E-state index is 6.00. The second-order valence-electron chi connectivity index (χ2n) is 5.00. The number of nitrogen functional groups attached to an aromatic ring is 1. The van der Waals surface area contributed by atoms with Gasteiger partial charge in [0, 0.05) is 12.5 Å². The highest BCUT2D eigenvalue weighted by Crippen LogP contribution is 2.32. The molecule has 2 aromatic rings. The summed E-state index contributed by atoms with van der Waals surface area (Å²) in [6, 6.07) is 0. The first kappa shape index (κ1) is 11.4. The van der Waals surface area contributed by atoms with Crippen LogP contribution in [-0.2, 0) is 6.54 Å². The summed E-state index contributed by atoms with van der Waals surface area (Å²) in [5, 5.41) is 0. The van der Waals surface area contributed by atoms with Crippen molar-refractivity contribution < 1.29 is 0 Å². The fourth-order valence-corrected chi connectivity index (χ4v) is 2.76. The Morgan fingerprint density at radius 1 is 1.28 bits per heavy atom. The molecular weight excluding hydrogens is 226 g/mol. The standard InChI is InChI=1S/C13H19N5/c1-2-18-8-15-10-11(14)16-12(17-13(10)18)9-6-4-3-5-7-9/h8-9H,2-7H2,1H3,(H2,14,16,17). The molecule has 0 spiro atoms. The van der Waals surface area contributed by atoms with E-state index in [0.717, 1.165) is 23.5 Å². The maximum Gasteiger partial charge on any atom is 0.165 e. The van der Waals surface area contributed by atoms with Crippen molar-refractivity contribution in [2.45, 2.75) is 51.5 Å². The Balaban J connectivity index is 2.06. The number of fused-ring (bicyclic) bond motifs is 1. The van der Waals surface area contributed by atoms with Gasteiger partial charge >= 0.3 is 0 Å².